The number of nitrogens with zero attached hydrogens (tertiary/aromatic N) is 1. The number of amidine groups is 1. The van der Waals surface area contributed by atoms with E-state index in [1.54, 1.807) is 18.2 Å². The number of halogens is 2. The van der Waals surface area contributed by atoms with Gasteiger partial charge in [-0.15, -0.1) is 0 Å². The third-order valence-corrected chi connectivity index (χ3v) is 5.01. The molecule has 146 valence electrons. The molecule has 0 fully saturated rings. The zero-order valence-electron chi connectivity index (χ0n) is 15.6. The lowest BCUT2D eigenvalue weighted by Gasteiger charge is -2.22. The van der Waals surface area contributed by atoms with Crippen LogP contribution < -0.4 is 5.32 Å². The molecule has 0 bridgehead atoms. The molecular formula is C20H19Cl2N3O3. The molecule has 0 radical (unpaired) electrons. The van der Waals surface area contributed by atoms with Gasteiger partial charge in [0.2, 0.25) is 0 Å². The lowest BCUT2D eigenvalue weighted by atomic mass is 9.88. The predicted molar refractivity (Wildman–Crippen MR) is 109 cm³/mol. The summed E-state index contributed by atoms with van der Waals surface area (Å²) in [7, 11) is 1.32. The highest BCUT2D eigenvalue weighted by Crippen LogP contribution is 2.38. The summed E-state index contributed by atoms with van der Waals surface area (Å²) in [5.41, 5.74) is 2.98. The fourth-order valence-corrected chi connectivity index (χ4v) is 3.55. The number of hydrogen-bond donors (Lipinski definition) is 2. The first-order valence-corrected chi connectivity index (χ1v) is 9.24. The number of hydrogen-bond acceptors (Lipinski definition) is 5. The van der Waals surface area contributed by atoms with Crippen molar-refractivity contribution in [1.82, 2.24) is 5.32 Å². The minimum Gasteiger partial charge on any atom is -0.468 e. The number of rotatable bonds is 3. The SMILES string of the molecule is COC(=N)NC(=O)c1ccc(C2=NOC(C)(c3cc(Cl)cc(Cl)c3)C2)cc1C. The Morgan fingerprint density at radius 2 is 1.93 bits per heavy atom. The van der Waals surface area contributed by atoms with Crippen molar-refractivity contribution in [3.05, 3.63) is 68.7 Å². The Labute approximate surface area is 172 Å². The summed E-state index contributed by atoms with van der Waals surface area (Å²) in [6.45, 7) is 3.75. The van der Waals surface area contributed by atoms with Gasteiger partial charge in [-0.2, -0.15) is 0 Å². The lowest BCUT2D eigenvalue weighted by molar-refractivity contribution is -0.00737. The van der Waals surface area contributed by atoms with Crippen LogP contribution in [0.15, 0.2) is 41.6 Å². The van der Waals surface area contributed by atoms with Crippen molar-refractivity contribution in [2.45, 2.75) is 25.9 Å². The van der Waals surface area contributed by atoms with Crippen LogP contribution in [0.2, 0.25) is 10.0 Å². The van der Waals surface area contributed by atoms with E-state index in [2.05, 4.69) is 15.2 Å². The fraction of sp³-hybridized carbons (Fsp3) is 0.250. The molecule has 1 unspecified atom stereocenters. The van der Waals surface area contributed by atoms with E-state index in [1.807, 2.05) is 32.0 Å². The minimum atomic E-state index is -0.679. The topological polar surface area (TPSA) is 83.8 Å². The summed E-state index contributed by atoms with van der Waals surface area (Å²) in [5.74, 6) is -0.404. The third kappa shape index (κ3) is 4.13. The third-order valence-electron chi connectivity index (χ3n) is 4.57. The molecule has 2 aromatic rings. The van der Waals surface area contributed by atoms with E-state index in [-0.39, 0.29) is 6.02 Å². The van der Waals surface area contributed by atoms with Gasteiger partial charge in [0, 0.05) is 27.6 Å². The lowest BCUT2D eigenvalue weighted by Crippen LogP contribution is -2.31. The van der Waals surface area contributed by atoms with Gasteiger partial charge in [0.05, 0.1) is 12.8 Å². The molecule has 2 N–H and O–H groups in total. The smallest absolute Gasteiger partial charge is 0.288 e. The molecule has 2 aromatic carbocycles. The summed E-state index contributed by atoms with van der Waals surface area (Å²) in [4.78, 5) is 17.9. The summed E-state index contributed by atoms with van der Waals surface area (Å²) in [5, 5.41) is 15.1. The molecule has 1 atom stereocenters. The van der Waals surface area contributed by atoms with Crippen molar-refractivity contribution in [1.29, 1.82) is 5.41 Å². The molecule has 1 aliphatic rings. The molecule has 6 nitrogen and oxygen atoms in total. The van der Waals surface area contributed by atoms with Gasteiger partial charge < -0.3 is 9.57 Å². The van der Waals surface area contributed by atoms with E-state index in [0.717, 1.165) is 22.4 Å². The number of carbonyl (C=O) groups is 1. The maximum absolute atomic E-state index is 12.2. The predicted octanol–water partition coefficient (Wildman–Crippen LogP) is 4.65. The number of amides is 1. The number of aryl methyl sites for hydroxylation is 1. The average molecular weight is 420 g/mol. The van der Waals surface area contributed by atoms with Gasteiger partial charge in [-0.25, -0.2) is 0 Å². The summed E-state index contributed by atoms with van der Waals surface area (Å²) in [6.07, 6.45) is 0.531. The number of ether oxygens (including phenoxy) is 1. The quantitative estimate of drug-likeness (QED) is 0.560. The van der Waals surface area contributed by atoms with Crippen molar-refractivity contribution in [2.75, 3.05) is 7.11 Å². The number of nitrogens with one attached hydrogen (secondary N) is 2. The van der Waals surface area contributed by atoms with Crippen LogP contribution in [0, 0.1) is 12.3 Å². The summed E-state index contributed by atoms with van der Waals surface area (Å²) >= 11 is 12.2. The van der Waals surface area contributed by atoms with Gasteiger partial charge >= 0.3 is 0 Å². The Bertz CT molecular complexity index is 970. The Morgan fingerprint density at radius 1 is 1.25 bits per heavy atom. The number of oxime groups is 1. The monoisotopic (exact) mass is 419 g/mol. The molecule has 3 rings (SSSR count). The normalized spacial score (nSPS) is 18.2. The summed E-state index contributed by atoms with van der Waals surface area (Å²) < 4.78 is 4.67. The van der Waals surface area contributed by atoms with Crippen LogP contribution >= 0.6 is 23.2 Å². The van der Waals surface area contributed by atoms with Crippen LogP contribution in [0.5, 0.6) is 0 Å². The first kappa shape index (κ1) is 20.2. The molecule has 0 saturated carbocycles. The second-order valence-corrected chi connectivity index (χ2v) is 7.58. The van der Waals surface area contributed by atoms with Crippen molar-refractivity contribution in [3.63, 3.8) is 0 Å². The van der Waals surface area contributed by atoms with Gasteiger partial charge in [0.1, 0.15) is 0 Å². The second kappa shape index (κ2) is 7.81. The van der Waals surface area contributed by atoms with E-state index < -0.39 is 11.5 Å². The van der Waals surface area contributed by atoms with Gasteiger partial charge in [0.15, 0.2) is 5.60 Å². The van der Waals surface area contributed by atoms with E-state index in [1.165, 1.54) is 7.11 Å². The molecule has 1 amide bonds. The largest absolute Gasteiger partial charge is 0.468 e. The standard InChI is InChI=1S/C20H19Cl2N3O3/c1-11-6-12(4-5-16(11)18(26)24-19(23)27-3)17-10-20(2,28-25-17)13-7-14(21)9-15(22)8-13/h4-9H,10H2,1-3H3,(H2,23,24,26). The van der Waals surface area contributed by atoms with Gasteiger partial charge in [-0.05, 0) is 55.3 Å². The number of carbonyl (C=O) groups excluding carboxylic acids is 1. The molecule has 1 aliphatic heterocycles. The van der Waals surface area contributed by atoms with Gasteiger partial charge in [-0.3, -0.25) is 15.5 Å². The first-order valence-electron chi connectivity index (χ1n) is 8.48. The van der Waals surface area contributed by atoms with Crippen LogP contribution in [-0.4, -0.2) is 24.8 Å². The van der Waals surface area contributed by atoms with Crippen LogP contribution in [0.25, 0.3) is 0 Å². The zero-order chi connectivity index (χ0) is 20.5. The van der Waals surface area contributed by atoms with Crippen LogP contribution in [0.3, 0.4) is 0 Å². The van der Waals surface area contributed by atoms with Crippen LogP contribution in [-0.2, 0) is 15.2 Å². The Kier molecular flexibility index (Phi) is 5.63. The summed E-state index contributed by atoms with van der Waals surface area (Å²) in [6, 6.07) is 10.4. The van der Waals surface area contributed by atoms with E-state index in [9.17, 15) is 4.79 Å². The van der Waals surface area contributed by atoms with Gasteiger partial charge in [-0.1, -0.05) is 34.4 Å². The molecule has 1 heterocycles. The Balaban J connectivity index is 1.81. The fourth-order valence-electron chi connectivity index (χ4n) is 3.03. The van der Waals surface area contributed by atoms with Crippen molar-refractivity contribution >= 4 is 40.8 Å². The van der Waals surface area contributed by atoms with Crippen molar-refractivity contribution in [2.24, 2.45) is 5.16 Å². The molecule has 0 spiro atoms. The molecule has 8 heteroatoms. The zero-order valence-corrected chi connectivity index (χ0v) is 17.1. The number of benzene rings is 2. The highest BCUT2D eigenvalue weighted by atomic mass is 35.5. The molecular weight excluding hydrogens is 401 g/mol. The average Bonchev–Trinajstić information content (AvgIpc) is 3.04. The molecule has 0 aromatic heterocycles. The maximum atomic E-state index is 12.2. The van der Waals surface area contributed by atoms with Crippen LogP contribution in [0.4, 0.5) is 0 Å². The second-order valence-electron chi connectivity index (χ2n) is 6.71. The molecule has 28 heavy (non-hydrogen) atoms. The Morgan fingerprint density at radius 3 is 2.54 bits per heavy atom. The molecule has 0 saturated heterocycles. The van der Waals surface area contributed by atoms with Crippen LogP contribution in [0.1, 0.15) is 40.4 Å². The Hall–Kier alpha value is -2.57. The highest BCUT2D eigenvalue weighted by molar-refractivity contribution is 6.34. The minimum absolute atomic E-state index is 0.307. The molecule has 0 aliphatic carbocycles. The van der Waals surface area contributed by atoms with Crippen molar-refractivity contribution < 1.29 is 14.4 Å². The van der Waals surface area contributed by atoms with E-state index >= 15 is 0 Å². The van der Waals surface area contributed by atoms with E-state index in [0.29, 0.717) is 22.0 Å². The van der Waals surface area contributed by atoms with Crippen molar-refractivity contribution in [3.8, 4) is 0 Å². The number of methoxy groups -OCH3 is 1. The van der Waals surface area contributed by atoms with E-state index in [4.69, 9.17) is 33.4 Å². The highest BCUT2D eigenvalue weighted by Gasteiger charge is 2.37. The van der Waals surface area contributed by atoms with Gasteiger partial charge in [0.25, 0.3) is 11.9 Å². The maximum Gasteiger partial charge on any atom is 0.288 e. The first-order chi connectivity index (χ1) is 13.2.